The van der Waals surface area contributed by atoms with E-state index in [0.717, 1.165) is 12.8 Å². The molecule has 1 aliphatic carbocycles. The number of sulfonamides is 1. The van der Waals surface area contributed by atoms with E-state index >= 15 is 0 Å². The average molecular weight is 394 g/mol. The quantitative estimate of drug-likeness (QED) is 0.790. The number of halogens is 1. The highest BCUT2D eigenvalue weighted by Gasteiger charge is 2.28. The van der Waals surface area contributed by atoms with Crippen LogP contribution < -0.4 is 14.9 Å². The number of hydrogen-bond donors (Lipinski definition) is 2. The van der Waals surface area contributed by atoms with Gasteiger partial charge in [0.05, 0.1) is 21.3 Å². The average Bonchev–Trinajstić information content (AvgIpc) is 3.38. The topological polar surface area (TPSA) is 78.5 Å². The van der Waals surface area contributed by atoms with Gasteiger partial charge in [0, 0.05) is 25.7 Å². The van der Waals surface area contributed by atoms with Gasteiger partial charge in [0.25, 0.3) is 5.91 Å². The number of benzene rings is 2. The second-order valence-electron chi connectivity index (χ2n) is 6.41. The van der Waals surface area contributed by atoms with Crippen molar-refractivity contribution in [3.63, 3.8) is 0 Å². The lowest BCUT2D eigenvalue weighted by Gasteiger charge is -2.19. The first-order valence-corrected chi connectivity index (χ1v) is 10.0. The Morgan fingerprint density at radius 2 is 1.85 bits per heavy atom. The number of nitrogens with one attached hydrogen (secondary N) is 2. The van der Waals surface area contributed by atoms with Crippen molar-refractivity contribution >= 4 is 38.9 Å². The summed E-state index contributed by atoms with van der Waals surface area (Å²) in [7, 11) is 0.0404. The van der Waals surface area contributed by atoms with E-state index in [0.29, 0.717) is 16.4 Å². The molecule has 1 saturated carbocycles. The highest BCUT2D eigenvalue weighted by atomic mass is 35.5. The maximum Gasteiger partial charge on any atom is 0.255 e. The van der Waals surface area contributed by atoms with Gasteiger partial charge in [-0.25, -0.2) is 13.1 Å². The van der Waals surface area contributed by atoms with Gasteiger partial charge in [-0.05, 0) is 43.2 Å². The van der Waals surface area contributed by atoms with Gasteiger partial charge in [-0.1, -0.05) is 23.7 Å². The first-order valence-electron chi connectivity index (χ1n) is 8.17. The third-order valence-corrected chi connectivity index (χ3v) is 5.81. The molecule has 1 aliphatic rings. The smallest absolute Gasteiger partial charge is 0.255 e. The molecule has 0 unspecified atom stereocenters. The fourth-order valence-corrected chi connectivity index (χ4v) is 4.25. The second kappa shape index (κ2) is 7.26. The molecule has 0 aromatic heterocycles. The minimum Gasteiger partial charge on any atom is -0.375 e. The lowest BCUT2D eigenvalue weighted by molar-refractivity contribution is 0.102. The molecule has 0 radical (unpaired) electrons. The molecular weight excluding hydrogens is 374 g/mol. The molecular formula is C18H20ClN3O3S. The molecule has 0 heterocycles. The summed E-state index contributed by atoms with van der Waals surface area (Å²) in [4.78, 5) is 14.5. The van der Waals surface area contributed by atoms with Crippen LogP contribution in [-0.2, 0) is 10.0 Å². The number of nitrogens with zero attached hydrogens (tertiary/aromatic N) is 1. The van der Waals surface area contributed by atoms with Crippen molar-refractivity contribution < 1.29 is 13.2 Å². The van der Waals surface area contributed by atoms with Crippen molar-refractivity contribution in [3.05, 3.63) is 53.1 Å². The van der Waals surface area contributed by atoms with Crippen LogP contribution in [0.4, 0.5) is 11.4 Å². The molecule has 2 aromatic carbocycles. The Balaban J connectivity index is 1.85. The Morgan fingerprint density at radius 3 is 2.50 bits per heavy atom. The number of carbonyl (C=O) groups excluding carboxylic acids is 1. The van der Waals surface area contributed by atoms with Crippen molar-refractivity contribution in [1.82, 2.24) is 4.72 Å². The van der Waals surface area contributed by atoms with E-state index in [4.69, 9.17) is 11.6 Å². The molecule has 1 amide bonds. The summed E-state index contributed by atoms with van der Waals surface area (Å²) in [5.41, 5.74) is 1.49. The largest absolute Gasteiger partial charge is 0.375 e. The van der Waals surface area contributed by atoms with Gasteiger partial charge in [0.15, 0.2) is 0 Å². The summed E-state index contributed by atoms with van der Waals surface area (Å²) in [5.74, 6) is -0.404. The number of hydrogen-bond acceptors (Lipinski definition) is 4. The molecule has 0 saturated heterocycles. The fraction of sp³-hybridized carbons (Fsp3) is 0.278. The van der Waals surface area contributed by atoms with Crippen LogP contribution in [0.25, 0.3) is 0 Å². The third kappa shape index (κ3) is 4.17. The molecule has 0 bridgehead atoms. The maximum absolute atomic E-state index is 12.6. The van der Waals surface area contributed by atoms with Crippen LogP contribution >= 0.6 is 11.6 Å². The van der Waals surface area contributed by atoms with Crippen LogP contribution in [0.3, 0.4) is 0 Å². The van der Waals surface area contributed by atoms with E-state index in [1.807, 2.05) is 14.1 Å². The van der Waals surface area contributed by atoms with E-state index in [2.05, 4.69) is 10.0 Å². The van der Waals surface area contributed by atoms with Crippen molar-refractivity contribution in [2.24, 2.45) is 0 Å². The van der Waals surface area contributed by atoms with E-state index < -0.39 is 15.9 Å². The predicted octanol–water partition coefficient (Wildman–Crippen LogP) is 3.10. The van der Waals surface area contributed by atoms with Gasteiger partial charge in [-0.15, -0.1) is 0 Å². The van der Waals surface area contributed by atoms with Crippen LogP contribution in [0.1, 0.15) is 23.2 Å². The molecule has 3 rings (SSSR count). The summed E-state index contributed by atoms with van der Waals surface area (Å²) >= 11 is 6.21. The SMILES string of the molecule is CN(C)c1c(Cl)cccc1NC(=O)c1cccc(S(=O)(=O)NC2CC2)c1. The van der Waals surface area contributed by atoms with Crippen LogP contribution in [0.2, 0.25) is 5.02 Å². The lowest BCUT2D eigenvalue weighted by atomic mass is 10.2. The van der Waals surface area contributed by atoms with Gasteiger partial charge in [-0.3, -0.25) is 4.79 Å². The monoisotopic (exact) mass is 393 g/mol. The molecule has 0 aliphatic heterocycles. The summed E-state index contributed by atoms with van der Waals surface area (Å²) < 4.78 is 27.3. The Bertz CT molecular complexity index is 940. The standard InChI is InChI=1S/C18H20ClN3O3S/c1-22(2)17-15(19)7-4-8-16(17)20-18(23)12-5-3-6-14(11-12)26(24,25)21-13-9-10-13/h3-8,11,13,21H,9-10H2,1-2H3,(H,20,23). The second-order valence-corrected chi connectivity index (χ2v) is 8.53. The number of rotatable bonds is 6. The molecule has 26 heavy (non-hydrogen) atoms. The van der Waals surface area contributed by atoms with Crippen LogP contribution in [0.15, 0.2) is 47.4 Å². The van der Waals surface area contributed by atoms with Gasteiger partial charge < -0.3 is 10.2 Å². The molecule has 6 nitrogen and oxygen atoms in total. The molecule has 138 valence electrons. The molecule has 2 aromatic rings. The number of anilines is 2. The van der Waals surface area contributed by atoms with Crippen LogP contribution in [0, 0.1) is 0 Å². The summed E-state index contributed by atoms with van der Waals surface area (Å²) in [6.45, 7) is 0. The zero-order valence-corrected chi connectivity index (χ0v) is 16.1. The highest BCUT2D eigenvalue weighted by molar-refractivity contribution is 7.89. The summed E-state index contributed by atoms with van der Waals surface area (Å²) in [6.07, 6.45) is 1.70. The Labute approximate surface area is 158 Å². The van der Waals surface area contributed by atoms with E-state index in [-0.39, 0.29) is 16.5 Å². The van der Waals surface area contributed by atoms with Crippen molar-refractivity contribution in [3.8, 4) is 0 Å². The summed E-state index contributed by atoms with van der Waals surface area (Å²) in [6, 6.07) is 11.2. The van der Waals surface area contributed by atoms with Gasteiger partial charge >= 0.3 is 0 Å². The first-order chi connectivity index (χ1) is 12.3. The van der Waals surface area contributed by atoms with Crippen LogP contribution in [-0.4, -0.2) is 34.5 Å². The molecule has 0 spiro atoms. The molecule has 2 N–H and O–H groups in total. The molecule has 8 heteroatoms. The lowest BCUT2D eigenvalue weighted by Crippen LogP contribution is -2.26. The van der Waals surface area contributed by atoms with Crippen molar-refractivity contribution in [2.75, 3.05) is 24.3 Å². The maximum atomic E-state index is 12.6. The number of carbonyl (C=O) groups is 1. The van der Waals surface area contributed by atoms with E-state index in [1.165, 1.54) is 12.1 Å². The number of para-hydroxylation sites is 1. The van der Waals surface area contributed by atoms with Crippen LogP contribution in [0.5, 0.6) is 0 Å². The summed E-state index contributed by atoms with van der Waals surface area (Å²) in [5, 5.41) is 3.31. The van der Waals surface area contributed by atoms with E-state index in [1.54, 1.807) is 35.2 Å². The Morgan fingerprint density at radius 1 is 1.15 bits per heavy atom. The first kappa shape index (κ1) is 18.7. The number of amides is 1. The van der Waals surface area contributed by atoms with Gasteiger partial charge in [-0.2, -0.15) is 0 Å². The highest BCUT2D eigenvalue weighted by Crippen LogP contribution is 2.32. The minimum absolute atomic E-state index is 0.00610. The normalized spacial score (nSPS) is 14.1. The zero-order valence-electron chi connectivity index (χ0n) is 14.5. The Kier molecular flexibility index (Phi) is 5.22. The fourth-order valence-electron chi connectivity index (χ4n) is 2.56. The molecule has 0 atom stereocenters. The third-order valence-electron chi connectivity index (χ3n) is 3.99. The zero-order chi connectivity index (χ0) is 18.9. The van der Waals surface area contributed by atoms with Gasteiger partial charge in [0.1, 0.15) is 0 Å². The van der Waals surface area contributed by atoms with E-state index in [9.17, 15) is 13.2 Å². The van der Waals surface area contributed by atoms with Crippen molar-refractivity contribution in [1.29, 1.82) is 0 Å². The predicted molar refractivity (Wildman–Crippen MR) is 104 cm³/mol. The van der Waals surface area contributed by atoms with Crippen molar-refractivity contribution in [2.45, 2.75) is 23.8 Å². The molecule has 1 fully saturated rings. The minimum atomic E-state index is -3.61. The Hall–Kier alpha value is -2.09. The van der Waals surface area contributed by atoms with Gasteiger partial charge in [0.2, 0.25) is 10.0 Å².